The first-order valence-corrected chi connectivity index (χ1v) is 11.6. The molecule has 1 aliphatic heterocycles. The molecule has 0 aliphatic carbocycles. The van der Waals surface area contributed by atoms with Crippen molar-refractivity contribution in [2.24, 2.45) is 0 Å². The third-order valence-electron chi connectivity index (χ3n) is 6.31. The minimum atomic E-state index is -0.599. The van der Waals surface area contributed by atoms with E-state index in [1.165, 1.54) is 22.8 Å². The van der Waals surface area contributed by atoms with Gasteiger partial charge in [0.2, 0.25) is 0 Å². The summed E-state index contributed by atoms with van der Waals surface area (Å²) in [5.41, 5.74) is 1.42. The first-order valence-electron chi connectivity index (χ1n) is 11.6. The average molecular weight is 479 g/mol. The van der Waals surface area contributed by atoms with Crippen LogP contribution in [0.4, 0.5) is 30.5 Å². The molecule has 0 unspecified atom stereocenters. The number of piperidine rings is 1. The summed E-state index contributed by atoms with van der Waals surface area (Å²) in [6, 6.07) is 11.5. The molecule has 35 heavy (non-hydrogen) atoms. The lowest BCUT2D eigenvalue weighted by atomic mass is 10.1. The third-order valence-corrected chi connectivity index (χ3v) is 6.31. The molecule has 1 N–H and O–H groups in total. The Morgan fingerprint density at radius 2 is 1.51 bits per heavy atom. The van der Waals surface area contributed by atoms with Crippen LogP contribution >= 0.6 is 0 Å². The van der Waals surface area contributed by atoms with Gasteiger partial charge < -0.3 is 10.2 Å². The topological polar surface area (TPSA) is 50.2 Å². The first kappa shape index (κ1) is 23.0. The van der Waals surface area contributed by atoms with Gasteiger partial charge in [-0.2, -0.15) is 0 Å². The molecule has 5 nitrogen and oxygen atoms in total. The monoisotopic (exact) mass is 478 g/mol. The van der Waals surface area contributed by atoms with Crippen molar-refractivity contribution >= 4 is 28.4 Å². The van der Waals surface area contributed by atoms with Gasteiger partial charge in [0.1, 0.15) is 17.5 Å². The fraction of sp³-hybridized carbons (Fsp3) is 0.259. The van der Waals surface area contributed by atoms with Crippen molar-refractivity contribution in [3.05, 3.63) is 87.3 Å². The maximum absolute atomic E-state index is 15.2. The van der Waals surface area contributed by atoms with Gasteiger partial charge in [0.25, 0.3) is 0 Å². The zero-order valence-electron chi connectivity index (χ0n) is 19.5. The number of aryl methyl sites for hydroxylation is 2. The van der Waals surface area contributed by atoms with Crippen LogP contribution in [0.25, 0.3) is 16.7 Å². The SMILES string of the molecule is Cc1ccc(F)c(Nc2cc(=O)c3cc(F)c(N4CCCCC4)nc3n2-c2cc(C)ccc2F)c1. The molecule has 4 aromatic rings. The van der Waals surface area contributed by atoms with Crippen LogP contribution in [-0.2, 0) is 0 Å². The quantitative estimate of drug-likeness (QED) is 0.382. The van der Waals surface area contributed by atoms with Crippen LogP contribution in [0.15, 0.2) is 53.3 Å². The predicted octanol–water partition coefficient (Wildman–Crippen LogP) is 6.15. The van der Waals surface area contributed by atoms with E-state index in [-0.39, 0.29) is 34.0 Å². The Bertz CT molecular complexity index is 1490. The lowest BCUT2D eigenvalue weighted by Gasteiger charge is -2.28. The van der Waals surface area contributed by atoms with E-state index >= 15 is 8.78 Å². The Morgan fingerprint density at radius 1 is 0.829 bits per heavy atom. The molecule has 3 heterocycles. The maximum atomic E-state index is 15.2. The maximum Gasteiger partial charge on any atom is 0.193 e. The number of benzene rings is 2. The zero-order valence-corrected chi connectivity index (χ0v) is 19.5. The van der Waals surface area contributed by atoms with Crippen molar-refractivity contribution in [3.63, 3.8) is 0 Å². The molecule has 180 valence electrons. The van der Waals surface area contributed by atoms with Gasteiger partial charge in [-0.1, -0.05) is 12.1 Å². The second kappa shape index (κ2) is 9.09. The van der Waals surface area contributed by atoms with Crippen LogP contribution in [-0.4, -0.2) is 22.6 Å². The largest absolute Gasteiger partial charge is 0.354 e. The first-order chi connectivity index (χ1) is 16.8. The number of pyridine rings is 2. The standard InChI is InChI=1S/C27H25F3N4O/c1-16-6-8-19(28)22(12-16)31-25-15-24(35)18-14-21(30)27(33-10-4-3-5-11-33)32-26(18)34(25)23-13-17(2)7-9-20(23)29/h6-9,12-15,31H,3-5,10-11H2,1-2H3. The van der Waals surface area contributed by atoms with Crippen molar-refractivity contribution in [3.8, 4) is 5.69 Å². The third kappa shape index (κ3) is 4.36. The fourth-order valence-electron chi connectivity index (χ4n) is 4.53. The van der Waals surface area contributed by atoms with E-state index in [0.717, 1.165) is 36.5 Å². The summed E-state index contributed by atoms with van der Waals surface area (Å²) < 4.78 is 46.3. The van der Waals surface area contributed by atoms with Gasteiger partial charge in [-0.05, 0) is 74.6 Å². The molecule has 0 bridgehead atoms. The summed E-state index contributed by atoms with van der Waals surface area (Å²) in [7, 11) is 0. The molecule has 2 aromatic heterocycles. The summed E-state index contributed by atoms with van der Waals surface area (Å²) in [4.78, 5) is 19.5. The summed E-state index contributed by atoms with van der Waals surface area (Å²) >= 11 is 0. The highest BCUT2D eigenvalue weighted by atomic mass is 19.1. The number of rotatable bonds is 4. The number of anilines is 3. The molecule has 0 radical (unpaired) electrons. The van der Waals surface area contributed by atoms with Gasteiger partial charge in [-0.3, -0.25) is 9.36 Å². The number of hydrogen-bond acceptors (Lipinski definition) is 4. The van der Waals surface area contributed by atoms with Crippen molar-refractivity contribution in [2.75, 3.05) is 23.3 Å². The number of nitrogens with zero attached hydrogens (tertiary/aromatic N) is 3. The van der Waals surface area contributed by atoms with E-state index in [4.69, 9.17) is 0 Å². The lowest BCUT2D eigenvalue weighted by Crippen LogP contribution is -2.31. The number of aromatic nitrogens is 2. The molecule has 0 atom stereocenters. The smallest absolute Gasteiger partial charge is 0.193 e. The molecule has 5 rings (SSSR count). The Kier molecular flexibility index (Phi) is 5.96. The summed E-state index contributed by atoms with van der Waals surface area (Å²) in [5.74, 6) is -1.44. The number of nitrogens with one attached hydrogen (secondary N) is 1. The number of halogens is 3. The van der Waals surface area contributed by atoms with E-state index in [2.05, 4.69) is 10.3 Å². The van der Waals surface area contributed by atoms with E-state index in [0.29, 0.717) is 13.1 Å². The Hall–Kier alpha value is -3.81. The second-order valence-electron chi connectivity index (χ2n) is 9.01. The predicted molar refractivity (Wildman–Crippen MR) is 132 cm³/mol. The van der Waals surface area contributed by atoms with Crippen LogP contribution in [0.3, 0.4) is 0 Å². The average Bonchev–Trinajstić information content (AvgIpc) is 2.84. The normalized spacial score (nSPS) is 13.9. The van der Waals surface area contributed by atoms with Gasteiger partial charge in [-0.25, -0.2) is 18.2 Å². The van der Waals surface area contributed by atoms with Crippen LogP contribution in [0.2, 0.25) is 0 Å². The van der Waals surface area contributed by atoms with E-state index in [1.54, 1.807) is 24.3 Å². The van der Waals surface area contributed by atoms with Crippen LogP contribution < -0.4 is 15.6 Å². The van der Waals surface area contributed by atoms with Crippen molar-refractivity contribution in [1.82, 2.24) is 9.55 Å². The Morgan fingerprint density at radius 3 is 2.26 bits per heavy atom. The summed E-state index contributed by atoms with van der Waals surface area (Å²) in [6.45, 7) is 4.91. The molecule has 1 fully saturated rings. The zero-order chi connectivity index (χ0) is 24.7. The van der Waals surface area contributed by atoms with Gasteiger partial charge >= 0.3 is 0 Å². The molecule has 1 aliphatic rings. The minimum Gasteiger partial charge on any atom is -0.354 e. The molecule has 0 amide bonds. The highest BCUT2D eigenvalue weighted by Crippen LogP contribution is 2.31. The number of fused-ring (bicyclic) bond motifs is 1. The molecular formula is C27H25F3N4O. The van der Waals surface area contributed by atoms with E-state index < -0.39 is 22.9 Å². The highest BCUT2D eigenvalue weighted by molar-refractivity contribution is 5.83. The van der Waals surface area contributed by atoms with Gasteiger partial charge in [0.15, 0.2) is 22.7 Å². The Labute approximate surface area is 200 Å². The van der Waals surface area contributed by atoms with Crippen molar-refractivity contribution in [2.45, 2.75) is 33.1 Å². The van der Waals surface area contributed by atoms with Gasteiger partial charge in [0.05, 0.1) is 16.8 Å². The van der Waals surface area contributed by atoms with Crippen LogP contribution in [0, 0.1) is 31.3 Å². The lowest BCUT2D eigenvalue weighted by molar-refractivity contribution is 0.550. The fourth-order valence-corrected chi connectivity index (χ4v) is 4.53. The molecule has 1 saturated heterocycles. The van der Waals surface area contributed by atoms with Gasteiger partial charge in [-0.15, -0.1) is 0 Å². The molecule has 8 heteroatoms. The minimum absolute atomic E-state index is 0.0134. The second-order valence-corrected chi connectivity index (χ2v) is 9.01. The highest BCUT2D eigenvalue weighted by Gasteiger charge is 2.22. The van der Waals surface area contributed by atoms with Crippen LogP contribution in [0.5, 0.6) is 0 Å². The van der Waals surface area contributed by atoms with Crippen molar-refractivity contribution < 1.29 is 13.2 Å². The summed E-state index contributed by atoms with van der Waals surface area (Å²) in [6.07, 6.45) is 2.88. The number of hydrogen-bond donors (Lipinski definition) is 1. The van der Waals surface area contributed by atoms with Crippen LogP contribution in [0.1, 0.15) is 30.4 Å². The molecular weight excluding hydrogens is 453 g/mol. The van der Waals surface area contributed by atoms with E-state index in [1.807, 2.05) is 18.7 Å². The molecule has 0 spiro atoms. The van der Waals surface area contributed by atoms with E-state index in [9.17, 15) is 9.18 Å². The summed E-state index contributed by atoms with van der Waals surface area (Å²) in [5, 5.41) is 2.96. The molecule has 0 saturated carbocycles. The Balaban J connectivity index is 1.81. The molecule has 2 aromatic carbocycles. The van der Waals surface area contributed by atoms with Crippen molar-refractivity contribution in [1.29, 1.82) is 0 Å². The van der Waals surface area contributed by atoms with Gasteiger partial charge in [0, 0.05) is 19.2 Å².